The molecule has 102 valence electrons. The van der Waals surface area contributed by atoms with Crippen molar-refractivity contribution in [1.82, 2.24) is 4.90 Å². The number of carbonyl (C=O) groups is 2. The van der Waals surface area contributed by atoms with E-state index in [1.54, 1.807) is 0 Å². The maximum atomic E-state index is 11.0. The molecule has 2 rings (SSSR count). The topological polar surface area (TPSA) is 92.9 Å². The van der Waals surface area contributed by atoms with Gasteiger partial charge in [0.25, 0.3) is 0 Å². The monoisotopic (exact) mass is 256 g/mol. The van der Waals surface area contributed by atoms with Gasteiger partial charge in [0.05, 0.1) is 6.10 Å². The Morgan fingerprint density at radius 3 is 2.39 bits per heavy atom. The van der Waals surface area contributed by atoms with E-state index in [4.69, 9.17) is 15.6 Å². The normalized spacial score (nSPS) is 30.4. The number of ether oxygens (including phenoxy) is 1. The number of nitrogens with two attached hydrogens (primary N) is 1. The summed E-state index contributed by atoms with van der Waals surface area (Å²) in [5.41, 5.74) is 5.28. The molecule has 0 aromatic rings. The minimum Gasteiger partial charge on any atom is -0.479 e. The molecule has 6 nitrogen and oxygen atoms in total. The fourth-order valence-electron chi connectivity index (χ4n) is 2.71. The molecule has 0 aromatic carbocycles. The lowest BCUT2D eigenvalue weighted by Gasteiger charge is -2.32. The first kappa shape index (κ1) is 13.3. The summed E-state index contributed by atoms with van der Waals surface area (Å²) >= 11 is 0. The third kappa shape index (κ3) is 3.20. The number of nitrogens with zero attached hydrogens (tertiary/aromatic N) is 1. The second-order valence-corrected chi connectivity index (χ2v) is 5.14. The van der Waals surface area contributed by atoms with E-state index in [0.29, 0.717) is 6.42 Å². The fraction of sp³-hybridized carbons (Fsp3) is 0.833. The van der Waals surface area contributed by atoms with Crippen molar-refractivity contribution in [1.29, 1.82) is 0 Å². The number of hydrogen-bond acceptors (Lipinski definition) is 4. The Hall–Kier alpha value is -1.14. The Balaban J connectivity index is 1.72. The third-order valence-electron chi connectivity index (χ3n) is 3.83. The molecule has 0 saturated carbocycles. The Kier molecular flexibility index (Phi) is 4.19. The van der Waals surface area contributed by atoms with Crippen LogP contribution in [0.15, 0.2) is 0 Å². The molecule has 2 saturated heterocycles. The highest BCUT2D eigenvalue weighted by Crippen LogP contribution is 2.23. The smallest absolute Gasteiger partial charge is 0.332 e. The lowest BCUT2D eigenvalue weighted by Crippen LogP contribution is -2.42. The molecule has 2 atom stereocenters. The van der Waals surface area contributed by atoms with Gasteiger partial charge in [-0.05, 0) is 38.8 Å². The first-order valence-electron chi connectivity index (χ1n) is 6.46. The van der Waals surface area contributed by atoms with Gasteiger partial charge in [0.2, 0.25) is 5.91 Å². The number of carbonyl (C=O) groups excluding carboxylic acids is 1. The minimum absolute atomic E-state index is 0.00230. The molecule has 0 aliphatic carbocycles. The quantitative estimate of drug-likeness (QED) is 0.727. The number of rotatable bonds is 4. The van der Waals surface area contributed by atoms with Gasteiger partial charge in [0, 0.05) is 12.5 Å². The SMILES string of the molecule is NC(=O)C1CCN(CC2CCC(C(=O)O)O2)CC1. The molecule has 2 aliphatic heterocycles. The summed E-state index contributed by atoms with van der Waals surface area (Å²) in [6.07, 6.45) is 2.36. The van der Waals surface area contributed by atoms with Crippen LogP contribution < -0.4 is 5.73 Å². The van der Waals surface area contributed by atoms with Crippen LogP contribution in [0.2, 0.25) is 0 Å². The molecule has 2 heterocycles. The summed E-state index contributed by atoms with van der Waals surface area (Å²) < 4.78 is 5.47. The molecule has 18 heavy (non-hydrogen) atoms. The van der Waals surface area contributed by atoms with Crippen LogP contribution in [0, 0.1) is 5.92 Å². The zero-order valence-electron chi connectivity index (χ0n) is 10.4. The van der Waals surface area contributed by atoms with Crippen molar-refractivity contribution in [3.63, 3.8) is 0 Å². The van der Waals surface area contributed by atoms with Crippen molar-refractivity contribution >= 4 is 11.9 Å². The molecule has 0 bridgehead atoms. The lowest BCUT2D eigenvalue weighted by molar-refractivity contribution is -0.149. The van der Waals surface area contributed by atoms with Crippen molar-refractivity contribution in [2.24, 2.45) is 11.7 Å². The second kappa shape index (κ2) is 5.67. The van der Waals surface area contributed by atoms with E-state index in [1.807, 2.05) is 0 Å². The van der Waals surface area contributed by atoms with Crippen molar-refractivity contribution in [2.45, 2.75) is 37.9 Å². The Labute approximate surface area is 106 Å². The molecule has 1 amide bonds. The van der Waals surface area contributed by atoms with Crippen LogP contribution in [0.1, 0.15) is 25.7 Å². The van der Waals surface area contributed by atoms with Gasteiger partial charge in [-0.25, -0.2) is 4.79 Å². The van der Waals surface area contributed by atoms with Crippen molar-refractivity contribution < 1.29 is 19.4 Å². The predicted molar refractivity (Wildman–Crippen MR) is 63.9 cm³/mol. The predicted octanol–water partition coefficient (Wildman–Crippen LogP) is -0.184. The van der Waals surface area contributed by atoms with E-state index in [-0.39, 0.29) is 17.9 Å². The molecule has 3 N–H and O–H groups in total. The van der Waals surface area contributed by atoms with Crippen LogP contribution in [0.3, 0.4) is 0 Å². The van der Waals surface area contributed by atoms with Crippen LogP contribution in [-0.4, -0.2) is 53.7 Å². The van der Waals surface area contributed by atoms with E-state index < -0.39 is 12.1 Å². The average Bonchev–Trinajstić information content (AvgIpc) is 2.78. The molecule has 0 radical (unpaired) electrons. The van der Waals surface area contributed by atoms with Gasteiger partial charge in [-0.15, -0.1) is 0 Å². The fourth-order valence-corrected chi connectivity index (χ4v) is 2.71. The van der Waals surface area contributed by atoms with E-state index in [1.165, 1.54) is 0 Å². The van der Waals surface area contributed by atoms with Crippen LogP contribution >= 0.6 is 0 Å². The standard InChI is InChI=1S/C12H20N2O4/c13-11(15)8-3-5-14(6-4-8)7-9-1-2-10(18-9)12(16)17/h8-10H,1-7H2,(H2,13,15)(H,16,17). The summed E-state index contributed by atoms with van der Waals surface area (Å²) in [5.74, 6) is -1.08. The van der Waals surface area contributed by atoms with Gasteiger partial charge in [-0.1, -0.05) is 0 Å². The highest BCUT2D eigenvalue weighted by molar-refractivity contribution is 5.76. The molecular weight excluding hydrogens is 236 g/mol. The lowest BCUT2D eigenvalue weighted by atomic mass is 9.96. The third-order valence-corrected chi connectivity index (χ3v) is 3.83. The van der Waals surface area contributed by atoms with E-state index in [9.17, 15) is 9.59 Å². The van der Waals surface area contributed by atoms with E-state index in [2.05, 4.69) is 4.90 Å². The molecule has 2 fully saturated rings. The summed E-state index contributed by atoms with van der Waals surface area (Å²) in [7, 11) is 0. The van der Waals surface area contributed by atoms with Gasteiger partial charge in [-0.3, -0.25) is 4.79 Å². The molecule has 0 aromatic heterocycles. The van der Waals surface area contributed by atoms with Crippen LogP contribution in [0.4, 0.5) is 0 Å². The Bertz CT molecular complexity index is 326. The van der Waals surface area contributed by atoms with Gasteiger partial charge in [0.1, 0.15) is 0 Å². The number of aliphatic carboxylic acids is 1. The van der Waals surface area contributed by atoms with Crippen molar-refractivity contribution in [3.8, 4) is 0 Å². The molecule has 2 unspecified atom stereocenters. The Morgan fingerprint density at radius 1 is 1.22 bits per heavy atom. The molecule has 2 aliphatic rings. The summed E-state index contributed by atoms with van der Waals surface area (Å²) in [5, 5.41) is 8.84. The van der Waals surface area contributed by atoms with Gasteiger partial charge < -0.3 is 20.5 Å². The summed E-state index contributed by atoms with van der Waals surface area (Å²) in [6, 6.07) is 0. The minimum atomic E-state index is -0.870. The van der Waals surface area contributed by atoms with Crippen LogP contribution in [-0.2, 0) is 14.3 Å². The number of carboxylic acid groups (broad SMARTS) is 1. The average molecular weight is 256 g/mol. The van der Waals surface area contributed by atoms with Crippen LogP contribution in [0.25, 0.3) is 0 Å². The zero-order chi connectivity index (χ0) is 13.1. The first-order valence-corrected chi connectivity index (χ1v) is 6.46. The largest absolute Gasteiger partial charge is 0.479 e. The summed E-state index contributed by atoms with van der Waals surface area (Å²) in [4.78, 5) is 24.0. The highest BCUT2D eigenvalue weighted by Gasteiger charge is 2.32. The first-order chi connectivity index (χ1) is 8.56. The molecule has 6 heteroatoms. The van der Waals surface area contributed by atoms with Gasteiger partial charge >= 0.3 is 5.97 Å². The zero-order valence-corrected chi connectivity index (χ0v) is 10.4. The number of amides is 1. The van der Waals surface area contributed by atoms with Gasteiger partial charge in [-0.2, -0.15) is 0 Å². The number of hydrogen-bond donors (Lipinski definition) is 2. The number of piperidine rings is 1. The van der Waals surface area contributed by atoms with Crippen molar-refractivity contribution in [3.05, 3.63) is 0 Å². The second-order valence-electron chi connectivity index (χ2n) is 5.14. The van der Waals surface area contributed by atoms with E-state index >= 15 is 0 Å². The highest BCUT2D eigenvalue weighted by atomic mass is 16.5. The van der Waals surface area contributed by atoms with E-state index in [0.717, 1.165) is 38.9 Å². The number of likely N-dealkylation sites (tertiary alicyclic amines) is 1. The number of carboxylic acids is 1. The maximum absolute atomic E-state index is 11.0. The summed E-state index contributed by atoms with van der Waals surface area (Å²) in [6.45, 7) is 2.44. The number of primary amides is 1. The van der Waals surface area contributed by atoms with Crippen LogP contribution in [0.5, 0.6) is 0 Å². The maximum Gasteiger partial charge on any atom is 0.332 e. The molecule has 0 spiro atoms. The Morgan fingerprint density at radius 2 is 1.89 bits per heavy atom. The van der Waals surface area contributed by atoms with Crippen molar-refractivity contribution in [2.75, 3.05) is 19.6 Å². The van der Waals surface area contributed by atoms with Gasteiger partial charge in [0.15, 0.2) is 6.10 Å². The molecular formula is C12H20N2O4.